The highest BCUT2D eigenvalue weighted by atomic mass is 32.2. The lowest BCUT2D eigenvalue weighted by atomic mass is 10.0. The molecule has 12 heteroatoms. The Bertz CT molecular complexity index is 1390. The van der Waals surface area contributed by atoms with Crippen LogP contribution in [0.5, 0.6) is 11.5 Å². The lowest BCUT2D eigenvalue weighted by Gasteiger charge is -2.19. The van der Waals surface area contributed by atoms with Gasteiger partial charge in [0.2, 0.25) is 15.9 Å². The zero-order valence-electron chi connectivity index (χ0n) is 20.3. The second-order valence-corrected chi connectivity index (χ2v) is 9.79. The number of rotatable bonds is 13. The molecule has 0 spiro atoms. The predicted molar refractivity (Wildman–Crippen MR) is 136 cm³/mol. The lowest BCUT2D eigenvalue weighted by Crippen LogP contribution is -2.47. The summed E-state index contributed by atoms with van der Waals surface area (Å²) >= 11 is 0. The van der Waals surface area contributed by atoms with Gasteiger partial charge in [0, 0.05) is 6.54 Å². The molecule has 0 aliphatic rings. The van der Waals surface area contributed by atoms with E-state index in [1.165, 1.54) is 37.4 Å². The summed E-state index contributed by atoms with van der Waals surface area (Å²) in [6, 6.07) is 17.0. The van der Waals surface area contributed by atoms with E-state index in [0.29, 0.717) is 11.3 Å². The maximum atomic E-state index is 13.1. The first-order valence-corrected chi connectivity index (χ1v) is 12.8. The van der Waals surface area contributed by atoms with Gasteiger partial charge in [-0.1, -0.05) is 36.4 Å². The van der Waals surface area contributed by atoms with Crippen LogP contribution >= 0.6 is 0 Å². The minimum atomic E-state index is -4.10. The monoisotopic (exact) mass is 542 g/mol. The van der Waals surface area contributed by atoms with Crippen LogP contribution in [0.3, 0.4) is 0 Å². The van der Waals surface area contributed by atoms with E-state index >= 15 is 0 Å². The summed E-state index contributed by atoms with van der Waals surface area (Å²) in [7, 11) is -2.57. The van der Waals surface area contributed by atoms with E-state index in [0.717, 1.165) is 5.56 Å². The molecule has 0 aromatic heterocycles. The fourth-order valence-corrected chi connectivity index (χ4v) is 4.69. The van der Waals surface area contributed by atoms with Crippen LogP contribution in [-0.2, 0) is 32.6 Å². The van der Waals surface area contributed by atoms with E-state index in [4.69, 9.17) is 14.6 Å². The van der Waals surface area contributed by atoms with Crippen molar-refractivity contribution in [1.29, 1.82) is 0 Å². The molecule has 0 bridgehead atoms. The fraction of sp³-hybridized carbons (Fsp3) is 0.192. The number of carboxylic acid groups (broad SMARTS) is 2. The maximum absolute atomic E-state index is 13.1. The Kier molecular flexibility index (Phi) is 9.41. The van der Waals surface area contributed by atoms with Gasteiger partial charge in [-0.3, -0.25) is 4.79 Å². The van der Waals surface area contributed by atoms with Crippen LogP contribution in [0.2, 0.25) is 0 Å². The van der Waals surface area contributed by atoms with E-state index < -0.39 is 40.5 Å². The molecular formula is C26H26N2O9S. The minimum Gasteiger partial charge on any atom is -0.497 e. The van der Waals surface area contributed by atoms with Gasteiger partial charge in [-0.25, -0.2) is 18.0 Å². The zero-order valence-corrected chi connectivity index (χ0v) is 21.1. The fourth-order valence-electron chi connectivity index (χ4n) is 3.47. The van der Waals surface area contributed by atoms with E-state index in [-0.39, 0.29) is 29.2 Å². The maximum Gasteiger partial charge on any atom is 0.341 e. The second kappa shape index (κ2) is 12.7. The lowest BCUT2D eigenvalue weighted by molar-refractivity contribution is -0.139. The first kappa shape index (κ1) is 28.2. The molecular weight excluding hydrogens is 516 g/mol. The Morgan fingerprint density at radius 3 is 2.18 bits per heavy atom. The summed E-state index contributed by atoms with van der Waals surface area (Å²) in [5.74, 6) is -2.83. The SMILES string of the molecule is COc1ccc(CNC(=O)[C@H](Cc2ccc(OCC(=O)O)c(C(=O)O)c2)NS(=O)(=O)c2ccccc2)cc1. The molecule has 0 heterocycles. The Balaban J connectivity index is 1.86. The first-order valence-electron chi connectivity index (χ1n) is 11.3. The molecule has 11 nitrogen and oxygen atoms in total. The van der Waals surface area contributed by atoms with Gasteiger partial charge < -0.3 is 25.0 Å². The van der Waals surface area contributed by atoms with E-state index in [1.807, 2.05) is 0 Å². The highest BCUT2D eigenvalue weighted by Crippen LogP contribution is 2.22. The summed E-state index contributed by atoms with van der Waals surface area (Å²) in [5, 5.41) is 21.1. The van der Waals surface area contributed by atoms with Gasteiger partial charge in [0.05, 0.1) is 12.0 Å². The van der Waals surface area contributed by atoms with Gasteiger partial charge in [0.15, 0.2) is 6.61 Å². The molecule has 3 aromatic rings. The molecule has 0 fully saturated rings. The van der Waals surface area contributed by atoms with Crippen molar-refractivity contribution >= 4 is 27.9 Å². The third-order valence-corrected chi connectivity index (χ3v) is 6.85. The number of carbonyl (C=O) groups excluding carboxylic acids is 1. The van der Waals surface area contributed by atoms with E-state index in [2.05, 4.69) is 10.0 Å². The van der Waals surface area contributed by atoms with Crippen molar-refractivity contribution in [2.75, 3.05) is 13.7 Å². The van der Waals surface area contributed by atoms with Gasteiger partial charge >= 0.3 is 11.9 Å². The average Bonchev–Trinajstić information content (AvgIpc) is 2.91. The van der Waals surface area contributed by atoms with Crippen molar-refractivity contribution in [2.24, 2.45) is 0 Å². The van der Waals surface area contributed by atoms with Crippen LogP contribution in [0.1, 0.15) is 21.5 Å². The number of nitrogens with one attached hydrogen (secondary N) is 2. The van der Waals surface area contributed by atoms with E-state index in [1.54, 1.807) is 42.5 Å². The predicted octanol–water partition coefficient (Wildman–Crippen LogP) is 2.06. The molecule has 1 atom stereocenters. The summed E-state index contributed by atoms with van der Waals surface area (Å²) in [4.78, 5) is 35.6. The van der Waals surface area contributed by atoms with Crippen LogP contribution in [0.25, 0.3) is 0 Å². The average molecular weight is 543 g/mol. The molecule has 0 saturated heterocycles. The van der Waals surface area contributed by atoms with Crippen molar-refractivity contribution in [1.82, 2.24) is 10.0 Å². The van der Waals surface area contributed by atoms with E-state index in [9.17, 15) is 27.9 Å². The Morgan fingerprint density at radius 2 is 1.58 bits per heavy atom. The summed E-state index contributed by atoms with van der Waals surface area (Å²) in [5.41, 5.74) is 0.731. The van der Waals surface area contributed by atoms with Crippen LogP contribution < -0.4 is 19.5 Å². The van der Waals surface area contributed by atoms with Crippen LogP contribution in [0.15, 0.2) is 77.7 Å². The molecule has 3 rings (SSSR count). The summed E-state index contributed by atoms with van der Waals surface area (Å²) in [6.45, 7) is -0.637. The number of aromatic carboxylic acids is 1. The smallest absolute Gasteiger partial charge is 0.341 e. The van der Waals surface area contributed by atoms with Gasteiger partial charge in [-0.05, 0) is 53.9 Å². The number of sulfonamides is 1. The highest BCUT2D eigenvalue weighted by molar-refractivity contribution is 7.89. The van der Waals surface area contributed by atoms with Crippen molar-refractivity contribution in [3.63, 3.8) is 0 Å². The molecule has 4 N–H and O–H groups in total. The van der Waals surface area contributed by atoms with Crippen LogP contribution in [-0.4, -0.2) is 56.2 Å². The Labute approximate surface area is 219 Å². The molecule has 3 aromatic carbocycles. The number of carboxylic acids is 2. The number of aliphatic carboxylic acids is 1. The molecule has 0 aliphatic carbocycles. The largest absolute Gasteiger partial charge is 0.497 e. The molecule has 0 saturated carbocycles. The number of ether oxygens (including phenoxy) is 2. The van der Waals surface area contributed by atoms with Crippen LogP contribution in [0, 0.1) is 0 Å². The molecule has 38 heavy (non-hydrogen) atoms. The molecule has 200 valence electrons. The number of carbonyl (C=O) groups is 3. The standard InChI is InChI=1S/C26H26N2O9S/c1-36-19-10-7-17(8-11-19)15-27-25(31)22(28-38(34,35)20-5-3-2-4-6-20)14-18-9-12-23(37-16-24(29)30)21(13-18)26(32)33/h2-13,22,28H,14-16H2,1H3,(H,27,31)(H,29,30)(H,32,33)/t22-/m0/s1. The third-order valence-electron chi connectivity index (χ3n) is 5.36. The highest BCUT2D eigenvalue weighted by Gasteiger charge is 2.27. The molecule has 0 unspecified atom stereocenters. The van der Waals surface area contributed by atoms with Crippen molar-refractivity contribution in [3.8, 4) is 11.5 Å². The quantitative estimate of drug-likeness (QED) is 0.253. The zero-order chi connectivity index (χ0) is 27.7. The van der Waals surface area contributed by atoms with Gasteiger partial charge in [0.25, 0.3) is 0 Å². The normalized spacial score (nSPS) is 11.8. The van der Waals surface area contributed by atoms with Crippen molar-refractivity contribution < 1.29 is 42.5 Å². The third kappa shape index (κ3) is 7.79. The van der Waals surface area contributed by atoms with Crippen molar-refractivity contribution in [3.05, 3.63) is 89.5 Å². The minimum absolute atomic E-state index is 0.0448. The van der Waals surface area contributed by atoms with Crippen molar-refractivity contribution in [2.45, 2.75) is 23.9 Å². The Morgan fingerprint density at radius 1 is 0.921 bits per heavy atom. The summed E-state index contributed by atoms with van der Waals surface area (Å²) in [6.07, 6.45) is -0.194. The number of benzene rings is 3. The number of methoxy groups -OCH3 is 1. The number of hydrogen-bond acceptors (Lipinski definition) is 7. The Hall–Kier alpha value is -4.42. The molecule has 0 radical (unpaired) electrons. The number of hydrogen-bond donors (Lipinski definition) is 4. The molecule has 1 amide bonds. The second-order valence-electron chi connectivity index (χ2n) is 8.08. The van der Waals surface area contributed by atoms with Gasteiger partial charge in [-0.2, -0.15) is 4.72 Å². The first-order chi connectivity index (χ1) is 18.1. The van der Waals surface area contributed by atoms with Gasteiger partial charge in [-0.15, -0.1) is 0 Å². The topological polar surface area (TPSA) is 168 Å². The number of amides is 1. The van der Waals surface area contributed by atoms with Crippen LogP contribution in [0.4, 0.5) is 0 Å². The van der Waals surface area contributed by atoms with Gasteiger partial charge in [0.1, 0.15) is 23.1 Å². The molecule has 0 aliphatic heterocycles. The summed E-state index contributed by atoms with van der Waals surface area (Å²) < 4.78 is 38.5.